The number of hydrogen-bond acceptors (Lipinski definition) is 2. The Labute approximate surface area is 141 Å². The minimum atomic E-state index is 0. The predicted molar refractivity (Wildman–Crippen MR) is 97.1 cm³/mol. The lowest BCUT2D eigenvalue weighted by atomic mass is 9.86. The third-order valence-electron chi connectivity index (χ3n) is 3.85. The molecule has 0 bridgehead atoms. The number of halogens is 1. The summed E-state index contributed by atoms with van der Waals surface area (Å²) in [4.78, 5) is 4.22. The Morgan fingerprint density at radius 3 is 2.35 bits per heavy atom. The van der Waals surface area contributed by atoms with Crippen LogP contribution in [0.2, 0.25) is 0 Å². The van der Waals surface area contributed by atoms with E-state index in [2.05, 4.69) is 15.6 Å². The summed E-state index contributed by atoms with van der Waals surface area (Å²) >= 11 is 0. The van der Waals surface area contributed by atoms with E-state index in [1.807, 2.05) is 7.05 Å². The highest BCUT2D eigenvalue weighted by molar-refractivity contribution is 14.0. The van der Waals surface area contributed by atoms with E-state index in [0.717, 1.165) is 38.0 Å². The maximum absolute atomic E-state index is 5.02. The molecule has 1 fully saturated rings. The first-order chi connectivity index (χ1) is 9.36. The summed E-state index contributed by atoms with van der Waals surface area (Å²) in [7, 11) is 3.56. The van der Waals surface area contributed by atoms with Gasteiger partial charge in [-0.2, -0.15) is 0 Å². The van der Waals surface area contributed by atoms with Crippen molar-refractivity contribution in [3.63, 3.8) is 0 Å². The Balaban J connectivity index is 0.00000361. The summed E-state index contributed by atoms with van der Waals surface area (Å²) in [6.45, 7) is 2.74. The monoisotopic (exact) mass is 397 g/mol. The minimum Gasteiger partial charge on any atom is -0.385 e. The first-order valence-electron chi connectivity index (χ1n) is 7.80. The van der Waals surface area contributed by atoms with Crippen LogP contribution in [0.15, 0.2) is 4.99 Å². The summed E-state index contributed by atoms with van der Waals surface area (Å²) in [5.74, 6) is 1.90. The molecule has 1 rings (SSSR count). The van der Waals surface area contributed by atoms with Gasteiger partial charge in [0, 0.05) is 33.9 Å². The fraction of sp³-hybridized carbons (Fsp3) is 0.933. The van der Waals surface area contributed by atoms with E-state index in [1.165, 1.54) is 44.9 Å². The van der Waals surface area contributed by atoms with Crippen LogP contribution in [0.5, 0.6) is 0 Å². The molecule has 0 radical (unpaired) electrons. The number of nitrogens with one attached hydrogen (secondary N) is 2. The van der Waals surface area contributed by atoms with Gasteiger partial charge >= 0.3 is 0 Å². The highest BCUT2D eigenvalue weighted by Gasteiger charge is 2.12. The second kappa shape index (κ2) is 13.9. The zero-order valence-electron chi connectivity index (χ0n) is 13.1. The fourth-order valence-corrected chi connectivity index (χ4v) is 2.72. The molecule has 120 valence electrons. The van der Waals surface area contributed by atoms with Crippen LogP contribution in [0.1, 0.15) is 51.4 Å². The maximum atomic E-state index is 5.02. The van der Waals surface area contributed by atoms with Crippen molar-refractivity contribution in [2.45, 2.75) is 51.4 Å². The zero-order chi connectivity index (χ0) is 13.8. The lowest BCUT2D eigenvalue weighted by Gasteiger charge is -2.21. The summed E-state index contributed by atoms with van der Waals surface area (Å²) in [6.07, 6.45) is 10.9. The third kappa shape index (κ3) is 9.80. The van der Waals surface area contributed by atoms with Gasteiger partial charge in [-0.3, -0.25) is 4.99 Å². The van der Waals surface area contributed by atoms with Gasteiger partial charge in [-0.15, -0.1) is 24.0 Å². The number of guanidine groups is 1. The zero-order valence-corrected chi connectivity index (χ0v) is 15.4. The average Bonchev–Trinajstić information content (AvgIpc) is 2.46. The second-order valence-corrected chi connectivity index (χ2v) is 5.42. The predicted octanol–water partition coefficient (Wildman–Crippen LogP) is 3.17. The van der Waals surface area contributed by atoms with Gasteiger partial charge in [0.1, 0.15) is 0 Å². The smallest absolute Gasteiger partial charge is 0.190 e. The molecule has 0 heterocycles. The number of aliphatic imine (C=N–C) groups is 1. The number of ether oxygens (including phenoxy) is 1. The van der Waals surface area contributed by atoms with Crippen LogP contribution in [0.25, 0.3) is 0 Å². The van der Waals surface area contributed by atoms with E-state index in [-0.39, 0.29) is 24.0 Å². The highest BCUT2D eigenvalue weighted by Crippen LogP contribution is 2.26. The molecule has 0 aromatic carbocycles. The number of hydrogen-bond donors (Lipinski definition) is 2. The second-order valence-electron chi connectivity index (χ2n) is 5.42. The number of rotatable bonds is 8. The van der Waals surface area contributed by atoms with E-state index in [4.69, 9.17) is 4.74 Å². The normalized spacial score (nSPS) is 16.6. The van der Waals surface area contributed by atoms with E-state index < -0.39 is 0 Å². The molecule has 20 heavy (non-hydrogen) atoms. The van der Waals surface area contributed by atoms with Crippen molar-refractivity contribution in [1.29, 1.82) is 0 Å². The van der Waals surface area contributed by atoms with Crippen molar-refractivity contribution in [3.05, 3.63) is 0 Å². The minimum absolute atomic E-state index is 0. The molecule has 1 aliphatic rings. The van der Waals surface area contributed by atoms with Gasteiger partial charge < -0.3 is 15.4 Å². The van der Waals surface area contributed by atoms with Gasteiger partial charge in [0.15, 0.2) is 5.96 Å². The molecular weight excluding hydrogens is 365 g/mol. The first kappa shape index (κ1) is 20.0. The molecular formula is C15H32IN3O. The molecule has 1 aliphatic carbocycles. The van der Waals surface area contributed by atoms with Crippen molar-refractivity contribution >= 4 is 29.9 Å². The van der Waals surface area contributed by atoms with Gasteiger partial charge in [0.25, 0.3) is 0 Å². The van der Waals surface area contributed by atoms with E-state index in [0.29, 0.717) is 0 Å². The van der Waals surface area contributed by atoms with Crippen LogP contribution in [0.4, 0.5) is 0 Å². The molecule has 0 aliphatic heterocycles. The molecule has 4 nitrogen and oxygen atoms in total. The molecule has 0 amide bonds. The first-order valence-corrected chi connectivity index (χ1v) is 7.80. The van der Waals surface area contributed by atoms with Gasteiger partial charge in [0.2, 0.25) is 0 Å². The molecule has 5 heteroatoms. The highest BCUT2D eigenvalue weighted by atomic mass is 127. The van der Waals surface area contributed by atoms with Crippen molar-refractivity contribution in [1.82, 2.24) is 10.6 Å². The lowest BCUT2D eigenvalue weighted by Crippen LogP contribution is -2.38. The van der Waals surface area contributed by atoms with Crippen LogP contribution in [0.3, 0.4) is 0 Å². The van der Waals surface area contributed by atoms with E-state index >= 15 is 0 Å². The Bertz CT molecular complexity index is 243. The summed E-state index contributed by atoms with van der Waals surface area (Å²) < 4.78 is 5.02. The molecule has 1 saturated carbocycles. The number of nitrogens with zero attached hydrogens (tertiary/aromatic N) is 1. The van der Waals surface area contributed by atoms with Crippen molar-refractivity contribution in [3.8, 4) is 0 Å². The quantitative estimate of drug-likeness (QED) is 0.286. The van der Waals surface area contributed by atoms with Crippen LogP contribution < -0.4 is 10.6 Å². The largest absolute Gasteiger partial charge is 0.385 e. The maximum Gasteiger partial charge on any atom is 0.190 e. The molecule has 0 spiro atoms. The van der Waals surface area contributed by atoms with Crippen molar-refractivity contribution in [2.24, 2.45) is 10.9 Å². The lowest BCUT2D eigenvalue weighted by molar-refractivity contribution is 0.195. The van der Waals surface area contributed by atoms with E-state index in [1.54, 1.807) is 7.11 Å². The molecule has 0 atom stereocenters. The Hall–Kier alpha value is -0.0400. The van der Waals surface area contributed by atoms with Crippen LogP contribution in [0, 0.1) is 5.92 Å². The molecule has 0 saturated heterocycles. The Kier molecular flexibility index (Phi) is 13.9. The van der Waals surface area contributed by atoms with Gasteiger partial charge in [0.05, 0.1) is 0 Å². The summed E-state index contributed by atoms with van der Waals surface area (Å²) in [5.41, 5.74) is 0. The molecule has 2 N–H and O–H groups in total. The number of methoxy groups -OCH3 is 1. The summed E-state index contributed by atoms with van der Waals surface area (Å²) in [5, 5.41) is 6.69. The van der Waals surface area contributed by atoms with Crippen LogP contribution in [-0.2, 0) is 4.74 Å². The SMILES string of the molecule is CN=C(NCCCOC)NCCCC1CCCCC1.I. The Morgan fingerprint density at radius 1 is 1.10 bits per heavy atom. The molecule has 0 aromatic heterocycles. The third-order valence-corrected chi connectivity index (χ3v) is 3.85. The van der Waals surface area contributed by atoms with Crippen molar-refractivity contribution in [2.75, 3.05) is 33.9 Å². The Morgan fingerprint density at radius 2 is 1.75 bits per heavy atom. The van der Waals surface area contributed by atoms with Gasteiger partial charge in [-0.05, 0) is 25.2 Å². The van der Waals surface area contributed by atoms with Crippen LogP contribution in [-0.4, -0.2) is 39.8 Å². The average molecular weight is 397 g/mol. The van der Waals surface area contributed by atoms with Crippen molar-refractivity contribution < 1.29 is 4.74 Å². The van der Waals surface area contributed by atoms with Gasteiger partial charge in [-0.25, -0.2) is 0 Å². The fourth-order valence-electron chi connectivity index (χ4n) is 2.72. The van der Waals surface area contributed by atoms with Crippen LogP contribution >= 0.6 is 24.0 Å². The molecule has 0 unspecified atom stereocenters. The standard InChI is InChI=1S/C15H31N3O.HI/c1-16-15(18-12-7-13-19-2)17-11-6-10-14-8-4-3-5-9-14;/h14H,3-13H2,1-2H3,(H2,16,17,18);1H. The molecule has 0 aromatic rings. The topological polar surface area (TPSA) is 45.7 Å². The van der Waals surface area contributed by atoms with E-state index in [9.17, 15) is 0 Å². The summed E-state index contributed by atoms with van der Waals surface area (Å²) in [6, 6.07) is 0. The van der Waals surface area contributed by atoms with Gasteiger partial charge in [-0.1, -0.05) is 32.1 Å².